The van der Waals surface area contributed by atoms with Gasteiger partial charge in [0.25, 0.3) is 0 Å². The number of benzene rings is 8. The lowest BCUT2D eigenvalue weighted by molar-refractivity contribution is 0.353. The normalized spacial score (nSPS) is 13.8. The molecule has 1 aromatic heterocycles. The second-order valence-corrected chi connectivity index (χ2v) is 16.3. The Bertz CT molecular complexity index is 2960. The molecule has 2 aliphatic rings. The van der Waals surface area contributed by atoms with E-state index in [1.807, 2.05) is 36.4 Å². The van der Waals surface area contributed by atoms with E-state index in [1.165, 1.54) is 71.0 Å². The third-order valence-electron chi connectivity index (χ3n) is 12.8. The van der Waals surface area contributed by atoms with Gasteiger partial charge in [-0.2, -0.15) is 0 Å². The molecule has 11 rings (SSSR count). The molecule has 1 fully saturated rings. The molecule has 9 aromatic rings. The van der Waals surface area contributed by atoms with Gasteiger partial charge in [0.05, 0.1) is 0 Å². The molecular formula is C57H43N3. The molecule has 0 amide bonds. The zero-order valence-corrected chi connectivity index (χ0v) is 33.4. The van der Waals surface area contributed by atoms with Gasteiger partial charge in [-0.1, -0.05) is 213 Å². The summed E-state index contributed by atoms with van der Waals surface area (Å²) in [6.07, 6.45) is 6.40. The molecule has 1 spiro atoms. The Morgan fingerprint density at radius 1 is 0.283 bits per heavy atom. The topological polar surface area (TPSA) is 38.7 Å². The minimum Gasteiger partial charge on any atom is -0.208 e. The lowest BCUT2D eigenvalue weighted by atomic mass is 9.66. The first kappa shape index (κ1) is 35.9. The van der Waals surface area contributed by atoms with E-state index in [0.717, 1.165) is 38.9 Å². The van der Waals surface area contributed by atoms with Crippen LogP contribution in [0, 0.1) is 0 Å². The van der Waals surface area contributed by atoms with Gasteiger partial charge in [0.1, 0.15) is 0 Å². The SMILES string of the molecule is c1ccc(-c2cccc(-c3nc(-c4ccccc4)nc(-c4ccc(-c5ccc(-c6ccc(-c7cccc8c7C7(CCCCC7)c7ccccc7-8)cc6)cc5)cc4)n3)c2)cc1. The standard InChI is InChI=1S/C57H43N3/c1-4-14-39(15-5-1)47-18-12-19-48(38-47)56-59-54(45-16-6-2-7-17-45)58-55(60-56)46-34-30-43(31-35-46)41-26-24-40(25-27-41)42-28-32-44(33-29-42)49-21-13-22-51-50-20-8-9-23-52(50)57(53(49)51)36-10-3-11-37-57/h1-2,4-9,12-35,38H,3,10-11,36-37H2. The van der Waals surface area contributed by atoms with Crippen LogP contribution in [-0.2, 0) is 5.41 Å². The van der Waals surface area contributed by atoms with E-state index < -0.39 is 0 Å². The fourth-order valence-electron chi connectivity index (χ4n) is 9.81. The van der Waals surface area contributed by atoms with Gasteiger partial charge in [-0.15, -0.1) is 0 Å². The maximum Gasteiger partial charge on any atom is 0.164 e. The summed E-state index contributed by atoms with van der Waals surface area (Å²) in [4.78, 5) is 15.0. The molecule has 0 unspecified atom stereocenters. The van der Waals surface area contributed by atoms with E-state index in [4.69, 9.17) is 15.0 Å². The Morgan fingerprint density at radius 3 is 1.30 bits per heavy atom. The Kier molecular flexibility index (Phi) is 9.08. The van der Waals surface area contributed by atoms with Crippen LogP contribution in [0.3, 0.4) is 0 Å². The number of aromatic nitrogens is 3. The van der Waals surface area contributed by atoms with Crippen molar-refractivity contribution in [3.05, 3.63) is 211 Å². The van der Waals surface area contributed by atoms with Crippen molar-refractivity contribution in [1.29, 1.82) is 0 Å². The number of rotatable bonds is 7. The number of hydrogen-bond acceptors (Lipinski definition) is 3. The molecule has 0 aliphatic heterocycles. The van der Waals surface area contributed by atoms with Crippen LogP contribution < -0.4 is 0 Å². The molecule has 0 N–H and O–H groups in total. The quantitative estimate of drug-likeness (QED) is 0.162. The van der Waals surface area contributed by atoms with Gasteiger partial charge in [-0.05, 0) is 85.7 Å². The highest BCUT2D eigenvalue weighted by atomic mass is 15.0. The van der Waals surface area contributed by atoms with Crippen LogP contribution >= 0.6 is 0 Å². The summed E-state index contributed by atoms with van der Waals surface area (Å²) >= 11 is 0. The van der Waals surface area contributed by atoms with Crippen molar-refractivity contribution in [2.24, 2.45) is 0 Å². The molecule has 0 bridgehead atoms. The van der Waals surface area contributed by atoms with Crippen LogP contribution in [0.1, 0.15) is 43.2 Å². The van der Waals surface area contributed by atoms with Crippen molar-refractivity contribution < 1.29 is 0 Å². The molecule has 286 valence electrons. The molecule has 8 aromatic carbocycles. The highest BCUT2D eigenvalue weighted by molar-refractivity contribution is 5.89. The van der Waals surface area contributed by atoms with Crippen molar-refractivity contribution in [2.75, 3.05) is 0 Å². The fourth-order valence-corrected chi connectivity index (χ4v) is 9.81. The Labute approximate surface area is 352 Å². The molecular weight excluding hydrogens is 727 g/mol. The summed E-state index contributed by atoms with van der Waals surface area (Å²) in [5.41, 5.74) is 18.6. The van der Waals surface area contributed by atoms with E-state index in [2.05, 4.69) is 164 Å². The van der Waals surface area contributed by atoms with Gasteiger partial charge in [-0.25, -0.2) is 15.0 Å². The maximum atomic E-state index is 5.03. The molecule has 3 heteroatoms. The van der Waals surface area contributed by atoms with Crippen molar-refractivity contribution in [3.8, 4) is 89.8 Å². The van der Waals surface area contributed by atoms with Crippen molar-refractivity contribution in [2.45, 2.75) is 37.5 Å². The summed E-state index contributed by atoms with van der Waals surface area (Å²) in [5, 5.41) is 0. The van der Waals surface area contributed by atoms with Crippen LogP contribution in [0.4, 0.5) is 0 Å². The summed E-state index contributed by atoms with van der Waals surface area (Å²) in [7, 11) is 0. The number of hydrogen-bond donors (Lipinski definition) is 0. The summed E-state index contributed by atoms with van der Waals surface area (Å²) in [5.74, 6) is 1.95. The van der Waals surface area contributed by atoms with Gasteiger partial charge >= 0.3 is 0 Å². The average Bonchev–Trinajstić information content (AvgIpc) is 3.61. The fraction of sp³-hybridized carbons (Fsp3) is 0.105. The van der Waals surface area contributed by atoms with Gasteiger partial charge in [0, 0.05) is 22.1 Å². The Balaban J connectivity index is 0.864. The summed E-state index contributed by atoms with van der Waals surface area (Å²) in [6.45, 7) is 0. The maximum absolute atomic E-state index is 5.03. The lowest BCUT2D eigenvalue weighted by Gasteiger charge is -2.37. The van der Waals surface area contributed by atoms with Gasteiger partial charge in [-0.3, -0.25) is 0 Å². The molecule has 2 aliphatic carbocycles. The predicted octanol–water partition coefficient (Wildman–Crippen LogP) is 14.8. The molecule has 3 nitrogen and oxygen atoms in total. The molecule has 0 saturated heterocycles. The van der Waals surface area contributed by atoms with Crippen molar-refractivity contribution in [1.82, 2.24) is 15.0 Å². The Hall–Kier alpha value is -7.23. The van der Waals surface area contributed by atoms with Crippen LogP contribution in [-0.4, -0.2) is 15.0 Å². The van der Waals surface area contributed by atoms with Crippen molar-refractivity contribution in [3.63, 3.8) is 0 Å². The molecule has 0 atom stereocenters. The van der Waals surface area contributed by atoms with E-state index in [1.54, 1.807) is 5.56 Å². The van der Waals surface area contributed by atoms with Crippen LogP contribution in [0.15, 0.2) is 200 Å². The van der Waals surface area contributed by atoms with Crippen LogP contribution in [0.5, 0.6) is 0 Å². The zero-order chi connectivity index (χ0) is 39.9. The predicted molar refractivity (Wildman–Crippen MR) is 247 cm³/mol. The second kappa shape index (κ2) is 15.2. The first-order valence-corrected chi connectivity index (χ1v) is 21.2. The minimum absolute atomic E-state index is 0.127. The average molecular weight is 770 g/mol. The van der Waals surface area contributed by atoms with Gasteiger partial charge in [0.2, 0.25) is 0 Å². The third-order valence-corrected chi connectivity index (χ3v) is 12.8. The third kappa shape index (κ3) is 6.44. The van der Waals surface area contributed by atoms with Gasteiger partial charge in [0.15, 0.2) is 17.5 Å². The monoisotopic (exact) mass is 769 g/mol. The first-order chi connectivity index (χ1) is 29.7. The molecule has 1 heterocycles. The van der Waals surface area contributed by atoms with Crippen LogP contribution in [0.25, 0.3) is 89.8 Å². The van der Waals surface area contributed by atoms with E-state index in [0.29, 0.717) is 17.5 Å². The molecule has 0 radical (unpaired) electrons. The lowest BCUT2D eigenvalue weighted by Crippen LogP contribution is -2.28. The van der Waals surface area contributed by atoms with E-state index in [-0.39, 0.29) is 5.41 Å². The highest BCUT2D eigenvalue weighted by Crippen LogP contribution is 2.58. The smallest absolute Gasteiger partial charge is 0.164 e. The first-order valence-electron chi connectivity index (χ1n) is 21.2. The van der Waals surface area contributed by atoms with Gasteiger partial charge < -0.3 is 0 Å². The highest BCUT2D eigenvalue weighted by Gasteiger charge is 2.45. The molecule has 60 heavy (non-hydrogen) atoms. The number of fused-ring (bicyclic) bond motifs is 5. The summed E-state index contributed by atoms with van der Waals surface area (Å²) in [6, 6.07) is 71.8. The summed E-state index contributed by atoms with van der Waals surface area (Å²) < 4.78 is 0. The minimum atomic E-state index is 0.127. The second-order valence-electron chi connectivity index (χ2n) is 16.3. The van der Waals surface area contributed by atoms with Crippen LogP contribution in [0.2, 0.25) is 0 Å². The zero-order valence-electron chi connectivity index (χ0n) is 33.4. The van der Waals surface area contributed by atoms with E-state index in [9.17, 15) is 0 Å². The van der Waals surface area contributed by atoms with Crippen molar-refractivity contribution >= 4 is 0 Å². The Morgan fingerprint density at radius 2 is 0.683 bits per heavy atom. The van der Waals surface area contributed by atoms with E-state index >= 15 is 0 Å². The molecule has 1 saturated carbocycles. The number of nitrogens with zero attached hydrogens (tertiary/aromatic N) is 3. The largest absolute Gasteiger partial charge is 0.208 e.